The van der Waals surface area contributed by atoms with Crippen molar-refractivity contribution >= 4 is 23.5 Å². The molecule has 1 amide bonds. The molecule has 1 atom stereocenters. The van der Waals surface area contributed by atoms with E-state index in [9.17, 15) is 9.59 Å². The molecule has 1 fully saturated rings. The van der Waals surface area contributed by atoms with Gasteiger partial charge < -0.3 is 10.0 Å². The number of carboxylic acids is 1. The molecule has 0 bridgehead atoms. The Labute approximate surface area is 141 Å². The van der Waals surface area contributed by atoms with E-state index in [-0.39, 0.29) is 18.5 Å². The number of hydrogen-bond acceptors (Lipinski definition) is 3. The maximum Gasteiger partial charge on any atom is 0.323 e. The summed E-state index contributed by atoms with van der Waals surface area (Å²) >= 11 is 5.91. The highest BCUT2D eigenvalue weighted by atomic mass is 35.5. The van der Waals surface area contributed by atoms with Crippen molar-refractivity contribution in [3.8, 4) is 0 Å². The van der Waals surface area contributed by atoms with E-state index in [2.05, 4.69) is 4.90 Å². The number of carbonyl (C=O) groups excluding carboxylic acids is 1. The van der Waals surface area contributed by atoms with E-state index >= 15 is 0 Å². The Kier molecular flexibility index (Phi) is 6.42. The largest absolute Gasteiger partial charge is 0.480 e. The molecule has 1 aliphatic heterocycles. The average Bonchev–Trinajstić information content (AvgIpc) is 2.72. The van der Waals surface area contributed by atoms with Gasteiger partial charge in [0.05, 0.1) is 0 Å². The fraction of sp³-hybridized carbons (Fsp3) is 0.529. The predicted molar refractivity (Wildman–Crippen MR) is 89.4 cm³/mol. The Morgan fingerprint density at radius 2 is 1.96 bits per heavy atom. The number of benzene rings is 1. The van der Waals surface area contributed by atoms with Crippen LogP contribution in [-0.2, 0) is 16.1 Å². The predicted octanol–water partition coefficient (Wildman–Crippen LogP) is 2.63. The summed E-state index contributed by atoms with van der Waals surface area (Å²) in [5.41, 5.74) is 1.21. The van der Waals surface area contributed by atoms with E-state index in [0.29, 0.717) is 0 Å². The lowest BCUT2D eigenvalue weighted by atomic mass is 10.1. The first-order valence-electron chi connectivity index (χ1n) is 7.91. The van der Waals surface area contributed by atoms with Gasteiger partial charge in [0.1, 0.15) is 6.54 Å². The van der Waals surface area contributed by atoms with Gasteiger partial charge in [0, 0.05) is 31.1 Å². The topological polar surface area (TPSA) is 60.9 Å². The second-order valence-electron chi connectivity index (χ2n) is 6.03. The second-order valence-corrected chi connectivity index (χ2v) is 6.46. The lowest BCUT2D eigenvalue weighted by Crippen LogP contribution is -2.42. The van der Waals surface area contributed by atoms with Crippen LogP contribution in [0.5, 0.6) is 0 Å². The molecule has 1 aliphatic rings. The summed E-state index contributed by atoms with van der Waals surface area (Å²) < 4.78 is 0. The summed E-state index contributed by atoms with van der Waals surface area (Å²) in [5.74, 6) is -1.12. The van der Waals surface area contributed by atoms with E-state index < -0.39 is 5.97 Å². The normalized spacial score (nSPS) is 19.1. The fourth-order valence-electron chi connectivity index (χ4n) is 3.10. The monoisotopic (exact) mass is 338 g/mol. The van der Waals surface area contributed by atoms with E-state index in [1.165, 1.54) is 17.4 Å². The highest BCUT2D eigenvalue weighted by Crippen LogP contribution is 2.19. The molecular formula is C17H23ClN2O3. The number of hydrogen-bond donors (Lipinski definition) is 1. The van der Waals surface area contributed by atoms with Crippen LogP contribution in [0.2, 0.25) is 5.02 Å². The van der Waals surface area contributed by atoms with Crippen molar-refractivity contribution in [2.45, 2.75) is 38.8 Å². The summed E-state index contributed by atoms with van der Waals surface area (Å²) in [6.07, 6.45) is 2.62. The lowest BCUT2D eigenvalue weighted by molar-refractivity contribution is -0.145. The second kappa shape index (κ2) is 8.31. The van der Waals surface area contributed by atoms with Crippen molar-refractivity contribution in [1.29, 1.82) is 0 Å². The summed E-state index contributed by atoms with van der Waals surface area (Å²) in [6, 6.07) is 7.84. The molecule has 1 saturated heterocycles. The molecule has 0 spiro atoms. The van der Waals surface area contributed by atoms with Crippen LogP contribution in [0.4, 0.5) is 0 Å². The number of nitrogens with zero attached hydrogens (tertiary/aromatic N) is 2. The number of aliphatic carboxylic acids is 1. The molecule has 6 heteroatoms. The van der Waals surface area contributed by atoms with Gasteiger partial charge >= 0.3 is 5.97 Å². The zero-order valence-electron chi connectivity index (χ0n) is 13.4. The van der Waals surface area contributed by atoms with E-state index in [0.717, 1.165) is 43.9 Å². The first-order valence-corrected chi connectivity index (χ1v) is 8.29. The molecule has 1 N–H and O–H groups in total. The molecule has 0 saturated carbocycles. The summed E-state index contributed by atoms with van der Waals surface area (Å²) in [4.78, 5) is 26.5. The van der Waals surface area contributed by atoms with Crippen LogP contribution in [0.15, 0.2) is 24.3 Å². The van der Waals surface area contributed by atoms with Crippen molar-refractivity contribution in [3.63, 3.8) is 0 Å². The van der Waals surface area contributed by atoms with Crippen molar-refractivity contribution in [1.82, 2.24) is 9.80 Å². The summed E-state index contributed by atoms with van der Waals surface area (Å²) in [6.45, 7) is 3.90. The quantitative estimate of drug-likeness (QED) is 0.896. The minimum absolute atomic E-state index is 0.0128. The molecule has 23 heavy (non-hydrogen) atoms. The zero-order chi connectivity index (χ0) is 16.8. The van der Waals surface area contributed by atoms with Gasteiger partial charge in [-0.25, -0.2) is 0 Å². The fourth-order valence-corrected chi connectivity index (χ4v) is 3.23. The van der Waals surface area contributed by atoms with Crippen LogP contribution < -0.4 is 0 Å². The van der Waals surface area contributed by atoms with Crippen LogP contribution >= 0.6 is 11.6 Å². The number of amides is 1. The highest BCUT2D eigenvalue weighted by molar-refractivity contribution is 6.30. The molecule has 0 aromatic heterocycles. The lowest BCUT2D eigenvalue weighted by Gasteiger charge is -2.29. The Bertz CT molecular complexity index is 547. The van der Waals surface area contributed by atoms with Gasteiger partial charge in [0.25, 0.3) is 0 Å². The Morgan fingerprint density at radius 3 is 2.57 bits per heavy atom. The van der Waals surface area contributed by atoms with Gasteiger partial charge in [0.15, 0.2) is 0 Å². The summed E-state index contributed by atoms with van der Waals surface area (Å²) in [5, 5.41) is 9.72. The van der Waals surface area contributed by atoms with E-state index in [4.69, 9.17) is 16.7 Å². The van der Waals surface area contributed by atoms with Crippen molar-refractivity contribution in [2.24, 2.45) is 0 Å². The molecule has 0 aliphatic carbocycles. The Balaban J connectivity index is 1.94. The van der Waals surface area contributed by atoms with Crippen LogP contribution in [0.1, 0.15) is 31.7 Å². The van der Waals surface area contributed by atoms with Gasteiger partial charge in [-0.05, 0) is 43.5 Å². The minimum Gasteiger partial charge on any atom is -0.480 e. The van der Waals surface area contributed by atoms with E-state index in [1.54, 1.807) is 0 Å². The van der Waals surface area contributed by atoms with E-state index in [1.807, 2.05) is 24.3 Å². The molecule has 1 heterocycles. The third-order valence-corrected chi connectivity index (χ3v) is 4.51. The van der Waals surface area contributed by atoms with Crippen molar-refractivity contribution in [3.05, 3.63) is 34.9 Å². The number of carbonyl (C=O) groups is 2. The molecule has 2 rings (SSSR count). The molecule has 1 aromatic rings. The zero-order valence-corrected chi connectivity index (χ0v) is 14.1. The van der Waals surface area contributed by atoms with Gasteiger partial charge in [0.2, 0.25) is 5.91 Å². The van der Waals surface area contributed by atoms with Gasteiger partial charge in [-0.3, -0.25) is 14.5 Å². The Morgan fingerprint density at radius 1 is 1.26 bits per heavy atom. The molecule has 1 aromatic carbocycles. The minimum atomic E-state index is -0.956. The maximum absolute atomic E-state index is 11.7. The molecule has 126 valence electrons. The van der Waals surface area contributed by atoms with Crippen molar-refractivity contribution in [2.75, 3.05) is 19.6 Å². The van der Waals surface area contributed by atoms with Gasteiger partial charge in [-0.15, -0.1) is 0 Å². The number of rotatable bonds is 5. The van der Waals surface area contributed by atoms with Gasteiger partial charge in [-0.1, -0.05) is 23.7 Å². The third kappa shape index (κ3) is 5.52. The number of halogens is 1. The first kappa shape index (κ1) is 17.8. The van der Waals surface area contributed by atoms with Crippen LogP contribution in [0.3, 0.4) is 0 Å². The van der Waals surface area contributed by atoms with Crippen LogP contribution in [0.25, 0.3) is 0 Å². The highest BCUT2D eigenvalue weighted by Gasteiger charge is 2.26. The smallest absolute Gasteiger partial charge is 0.323 e. The van der Waals surface area contributed by atoms with Crippen LogP contribution in [-0.4, -0.2) is 52.5 Å². The average molecular weight is 339 g/mol. The first-order chi connectivity index (χ1) is 11.0. The standard InChI is InChI=1S/C17H23ClN2O3/c1-13(21)20(12-17(22)23)16-3-2-9-19(10-8-16)11-14-4-6-15(18)7-5-14/h4-7,16H,2-3,8-12H2,1H3,(H,22,23)/t16-/m1/s1. The molecular weight excluding hydrogens is 316 g/mol. The molecule has 0 radical (unpaired) electrons. The number of carboxylic acid groups (broad SMARTS) is 1. The summed E-state index contributed by atoms with van der Waals surface area (Å²) in [7, 11) is 0. The van der Waals surface area contributed by atoms with Crippen LogP contribution in [0, 0.1) is 0 Å². The Hall–Kier alpha value is -1.59. The molecule has 0 unspecified atom stereocenters. The van der Waals surface area contributed by atoms with Gasteiger partial charge in [-0.2, -0.15) is 0 Å². The molecule has 5 nitrogen and oxygen atoms in total. The maximum atomic E-state index is 11.7. The number of likely N-dealkylation sites (tertiary alicyclic amines) is 1. The van der Waals surface area contributed by atoms with Crippen molar-refractivity contribution < 1.29 is 14.7 Å². The SMILES string of the molecule is CC(=O)N(CC(=O)O)[C@@H]1CCCN(Cc2ccc(Cl)cc2)CC1. The third-order valence-electron chi connectivity index (χ3n) is 4.26.